The lowest BCUT2D eigenvalue weighted by molar-refractivity contribution is 0.552. The Morgan fingerprint density at radius 1 is 1.00 bits per heavy atom. The van der Waals surface area contributed by atoms with E-state index >= 15 is 0 Å². The first-order chi connectivity index (χ1) is 2.64. The van der Waals surface area contributed by atoms with Gasteiger partial charge in [-0.25, -0.2) is 0 Å². The summed E-state index contributed by atoms with van der Waals surface area (Å²) < 4.78 is 20.1. The fourth-order valence-electron chi connectivity index (χ4n) is 0. The molecule has 0 aromatic carbocycles. The minimum Gasteiger partial charge on any atom is -0.385 e. The van der Waals surface area contributed by atoms with Gasteiger partial charge in [-0.2, -0.15) is 0 Å². The van der Waals surface area contributed by atoms with Crippen molar-refractivity contribution in [1.82, 2.24) is 0 Å². The molecule has 0 aromatic rings. The van der Waals surface area contributed by atoms with Crippen LogP contribution < -0.4 is 0 Å². The maximum absolute atomic E-state index is 10.1. The smallest absolute Gasteiger partial charge is 0.322 e. The minimum absolute atomic E-state index is 1.52. The molecule has 0 aliphatic carbocycles. The van der Waals surface area contributed by atoms with E-state index in [1.165, 1.54) is 13.1 Å². The van der Waals surface area contributed by atoms with Crippen molar-refractivity contribution in [3.63, 3.8) is 0 Å². The van der Waals surface area contributed by atoms with Crippen molar-refractivity contribution in [1.29, 1.82) is 0 Å². The highest BCUT2D eigenvalue weighted by atomic mass is 29.2. The van der Waals surface area contributed by atoms with Gasteiger partial charge in [0.25, 0.3) is 0 Å². The van der Waals surface area contributed by atoms with Crippen molar-refractivity contribution >= 4 is 16.4 Å². The lowest BCUT2D eigenvalue weighted by Crippen LogP contribution is -2.07. The average molecular weight is 118 g/mol. The summed E-state index contributed by atoms with van der Waals surface area (Å²) in [6.45, 7) is 3.04. The zero-order valence-electron chi connectivity index (χ0n) is 3.82. The molecule has 0 spiro atoms. The van der Waals surface area contributed by atoms with E-state index in [9.17, 15) is 8.92 Å². The molecule has 0 radical (unpaired) electrons. The van der Waals surface area contributed by atoms with Crippen LogP contribution in [0.2, 0.25) is 13.1 Å². The number of hydrogen-bond donors (Lipinski definition) is 0. The summed E-state index contributed by atoms with van der Waals surface area (Å²) in [7, 11) is -3.31. The van der Waals surface area contributed by atoms with E-state index in [2.05, 4.69) is 0 Å². The van der Waals surface area contributed by atoms with Crippen molar-refractivity contribution < 1.29 is 8.92 Å². The Morgan fingerprint density at radius 3 is 1.17 bits per heavy atom. The highest BCUT2D eigenvalue weighted by molar-refractivity contribution is 7.06. The van der Waals surface area contributed by atoms with Crippen LogP contribution in [0.4, 0.5) is 0 Å². The van der Waals surface area contributed by atoms with Crippen molar-refractivity contribution in [3.05, 3.63) is 0 Å². The Morgan fingerprint density at radius 2 is 1.17 bits per heavy atom. The van der Waals surface area contributed by atoms with Crippen molar-refractivity contribution in [3.8, 4) is 0 Å². The van der Waals surface area contributed by atoms with Crippen LogP contribution in [0.3, 0.4) is 0 Å². The number of rotatable bonds is 1. The first kappa shape index (κ1) is 6.03. The maximum Gasteiger partial charge on any atom is 0.322 e. The monoisotopic (exact) mass is 118 g/mol. The van der Waals surface area contributed by atoms with Crippen LogP contribution >= 0.6 is 0 Å². The Balaban J connectivity index is 3.57. The quantitative estimate of drug-likeness (QED) is 0.460. The molecule has 0 saturated heterocycles. The molecule has 4 heteroatoms. The van der Waals surface area contributed by atoms with E-state index in [1.807, 2.05) is 0 Å². The minimum atomic E-state index is -1.66. The first-order valence-corrected chi connectivity index (χ1v) is 6.47. The van der Waals surface area contributed by atoms with Gasteiger partial charge in [0.15, 0.2) is 0 Å². The molecule has 0 fully saturated rings. The molecular formula is C2H6O2Si2. The zero-order chi connectivity index (χ0) is 5.15. The van der Waals surface area contributed by atoms with Gasteiger partial charge in [-0.15, -0.1) is 0 Å². The summed E-state index contributed by atoms with van der Waals surface area (Å²) in [6.07, 6.45) is 0. The average Bonchev–Trinajstić information content (AvgIpc) is 1.36. The van der Waals surface area contributed by atoms with Crippen LogP contribution in [0, 0.1) is 0 Å². The van der Waals surface area contributed by atoms with Gasteiger partial charge in [0.05, 0.1) is 0 Å². The van der Waals surface area contributed by atoms with Gasteiger partial charge in [-0.3, -0.25) is 0 Å². The van der Waals surface area contributed by atoms with Gasteiger partial charge < -0.3 is 8.92 Å². The molecule has 0 saturated carbocycles. The summed E-state index contributed by atoms with van der Waals surface area (Å²) in [6, 6.07) is 0. The van der Waals surface area contributed by atoms with E-state index < -0.39 is 16.4 Å². The normalized spacial score (nSPS) is 7.67. The van der Waals surface area contributed by atoms with E-state index in [0.717, 1.165) is 0 Å². The fourth-order valence-corrected chi connectivity index (χ4v) is 0. The van der Waals surface area contributed by atoms with E-state index in [-0.39, 0.29) is 0 Å². The molecule has 0 aliphatic rings. The topological polar surface area (TPSA) is 34.1 Å². The van der Waals surface area contributed by atoms with Gasteiger partial charge in [0, 0.05) is 0 Å². The van der Waals surface area contributed by atoms with E-state index in [4.69, 9.17) is 0 Å². The lowest BCUT2D eigenvalue weighted by atomic mass is 11.9. The van der Waals surface area contributed by atoms with Crippen LogP contribution in [0.1, 0.15) is 0 Å². The Labute approximate surface area is 39.3 Å². The molecule has 0 aliphatic heterocycles. The summed E-state index contributed by atoms with van der Waals surface area (Å²) >= 11 is 0. The third-order valence-corrected chi connectivity index (χ3v) is 4.46. The zero-order valence-corrected chi connectivity index (χ0v) is 5.82. The second-order valence-electron chi connectivity index (χ2n) is 1.11. The molecule has 0 aromatic heterocycles. The lowest BCUT2D eigenvalue weighted by Gasteiger charge is -1.67. The standard InChI is InChI=1S/C2H6O2Si2/c1-5(3)6(2)4/h1-2H3. The largest absolute Gasteiger partial charge is 0.385 e. The van der Waals surface area contributed by atoms with Gasteiger partial charge >= 0.3 is 16.4 Å². The molecule has 0 rings (SSSR count). The van der Waals surface area contributed by atoms with Gasteiger partial charge in [0.1, 0.15) is 0 Å². The molecule has 6 heavy (non-hydrogen) atoms. The second-order valence-corrected chi connectivity index (χ2v) is 7.56. The van der Waals surface area contributed by atoms with E-state index in [1.54, 1.807) is 0 Å². The SMILES string of the molecule is C[Si](=O)[Si](C)=O. The predicted octanol–water partition coefficient (Wildman–Crippen LogP) is 0.168. The Bertz CT molecular complexity index is 75.5. The molecule has 0 amide bonds. The highest BCUT2D eigenvalue weighted by Crippen LogP contribution is 1.62. The first-order valence-electron chi connectivity index (χ1n) is 1.66. The summed E-state index contributed by atoms with van der Waals surface area (Å²) in [4.78, 5) is 0. The third kappa shape index (κ3) is 2.28. The highest BCUT2D eigenvalue weighted by Gasteiger charge is 2.02. The van der Waals surface area contributed by atoms with Gasteiger partial charge in [-0.05, 0) is 13.1 Å². The molecule has 2 nitrogen and oxygen atoms in total. The summed E-state index contributed by atoms with van der Waals surface area (Å²) in [5, 5.41) is 0. The predicted molar refractivity (Wildman–Crippen MR) is 24.6 cm³/mol. The molecule has 0 atom stereocenters. The molecule has 0 unspecified atom stereocenters. The molecule has 0 heterocycles. The number of hydrogen-bond acceptors (Lipinski definition) is 2. The van der Waals surface area contributed by atoms with E-state index in [0.29, 0.717) is 0 Å². The maximum atomic E-state index is 10.1. The van der Waals surface area contributed by atoms with Crippen LogP contribution in [-0.2, 0) is 8.92 Å². The van der Waals surface area contributed by atoms with Crippen LogP contribution in [0.5, 0.6) is 0 Å². The Hall–Kier alpha value is 0.0338. The van der Waals surface area contributed by atoms with Gasteiger partial charge in [-0.1, -0.05) is 0 Å². The third-order valence-electron chi connectivity index (χ3n) is 0.496. The summed E-state index contributed by atoms with van der Waals surface area (Å²) in [5.41, 5.74) is 0. The van der Waals surface area contributed by atoms with Crippen LogP contribution in [0.15, 0.2) is 0 Å². The van der Waals surface area contributed by atoms with Crippen molar-refractivity contribution in [2.45, 2.75) is 13.1 Å². The molecule has 0 N–H and O–H groups in total. The van der Waals surface area contributed by atoms with Crippen LogP contribution in [-0.4, -0.2) is 16.4 Å². The van der Waals surface area contributed by atoms with Crippen molar-refractivity contribution in [2.24, 2.45) is 0 Å². The molecule has 34 valence electrons. The second kappa shape index (κ2) is 2.25. The fraction of sp³-hybridized carbons (Fsp3) is 1.00. The van der Waals surface area contributed by atoms with Gasteiger partial charge in [0.2, 0.25) is 0 Å². The molecular weight excluding hydrogens is 112 g/mol. The molecule has 0 bridgehead atoms. The summed E-state index contributed by atoms with van der Waals surface area (Å²) in [5.74, 6) is 0. The van der Waals surface area contributed by atoms with Crippen LogP contribution in [0.25, 0.3) is 0 Å². The van der Waals surface area contributed by atoms with Crippen molar-refractivity contribution in [2.75, 3.05) is 0 Å². The Kier molecular flexibility index (Phi) is 2.26.